The second-order valence-electron chi connectivity index (χ2n) is 6.12. The van der Waals surface area contributed by atoms with Gasteiger partial charge in [-0.15, -0.1) is 0 Å². The normalized spacial score (nSPS) is 25.3. The maximum absolute atomic E-state index is 6.07. The van der Waals surface area contributed by atoms with Gasteiger partial charge in [-0.2, -0.15) is 9.89 Å². The highest BCUT2D eigenvalue weighted by atomic mass is 16.7. The fraction of sp³-hybridized carbons (Fsp3) is 0.750. The van der Waals surface area contributed by atoms with Gasteiger partial charge in [0, 0.05) is 6.54 Å². The van der Waals surface area contributed by atoms with E-state index in [1.807, 2.05) is 16.0 Å². The predicted octanol–water partition coefficient (Wildman–Crippen LogP) is 0.0286. The number of hydrazine groups is 1. The number of rotatable bonds is 2. The minimum Gasteiger partial charge on any atom is -0.398 e. The molecule has 1 aromatic heterocycles. The Morgan fingerprint density at radius 3 is 2.53 bits per heavy atom. The van der Waals surface area contributed by atoms with E-state index in [2.05, 4.69) is 38.2 Å². The van der Waals surface area contributed by atoms with Crippen molar-refractivity contribution in [1.82, 2.24) is 15.3 Å². The van der Waals surface area contributed by atoms with E-state index in [0.29, 0.717) is 0 Å². The molecule has 6 nitrogen and oxygen atoms in total. The summed E-state index contributed by atoms with van der Waals surface area (Å²) < 4.78 is 12.1. The zero-order chi connectivity index (χ0) is 13.7. The van der Waals surface area contributed by atoms with Gasteiger partial charge in [-0.05, 0) is 40.2 Å². The summed E-state index contributed by atoms with van der Waals surface area (Å²) in [7, 11) is -0.380. The van der Waals surface area contributed by atoms with Crippen molar-refractivity contribution in [1.29, 1.82) is 0 Å². The van der Waals surface area contributed by atoms with Crippen LogP contribution >= 0.6 is 0 Å². The molecule has 3 rings (SSSR count). The van der Waals surface area contributed by atoms with Crippen molar-refractivity contribution in [3.63, 3.8) is 0 Å². The van der Waals surface area contributed by atoms with E-state index < -0.39 is 0 Å². The first-order valence-electron chi connectivity index (χ1n) is 6.82. The van der Waals surface area contributed by atoms with E-state index in [0.717, 1.165) is 25.1 Å². The van der Waals surface area contributed by atoms with Gasteiger partial charge in [0.05, 0.1) is 29.5 Å². The number of nitrogens with zero attached hydrogens (tertiary/aromatic N) is 3. The molecule has 0 amide bonds. The van der Waals surface area contributed by atoms with Gasteiger partial charge < -0.3 is 9.31 Å². The molecule has 2 fully saturated rings. The van der Waals surface area contributed by atoms with Crippen molar-refractivity contribution in [3.8, 4) is 0 Å². The lowest BCUT2D eigenvalue weighted by molar-refractivity contribution is 0.00578. The highest BCUT2D eigenvalue weighted by Crippen LogP contribution is 2.36. The monoisotopic (exact) mass is 264 g/mol. The molecule has 0 spiro atoms. The molecule has 2 aliphatic heterocycles. The van der Waals surface area contributed by atoms with Gasteiger partial charge in [-0.25, -0.2) is 10.5 Å². The summed E-state index contributed by atoms with van der Waals surface area (Å²) in [4.78, 5) is 1.84. The summed E-state index contributed by atoms with van der Waals surface area (Å²) in [6.07, 6.45) is 2.89. The molecule has 0 aliphatic carbocycles. The Kier molecular flexibility index (Phi) is 2.88. The first-order chi connectivity index (χ1) is 8.91. The fourth-order valence-corrected chi connectivity index (χ4v) is 2.32. The Hall–Kier alpha value is -1.05. The van der Waals surface area contributed by atoms with E-state index in [9.17, 15) is 0 Å². The molecule has 2 saturated heterocycles. The average Bonchev–Trinajstić information content (AvgIpc) is 3.00. The van der Waals surface area contributed by atoms with E-state index in [-0.39, 0.29) is 18.3 Å². The number of nitrogens with one attached hydrogen (secondary N) is 1. The molecular formula is C12H21BN4O2. The Morgan fingerprint density at radius 2 is 1.95 bits per heavy atom. The van der Waals surface area contributed by atoms with Crippen LogP contribution in [0.3, 0.4) is 0 Å². The molecule has 19 heavy (non-hydrogen) atoms. The second kappa shape index (κ2) is 4.23. The molecule has 0 atom stereocenters. The molecule has 7 heteroatoms. The Morgan fingerprint density at radius 1 is 1.26 bits per heavy atom. The summed E-state index contributed by atoms with van der Waals surface area (Å²) in [6, 6.07) is 1.95. The van der Waals surface area contributed by atoms with Crippen molar-refractivity contribution >= 4 is 12.7 Å². The average molecular weight is 264 g/mol. The minimum atomic E-state index is -0.380. The van der Waals surface area contributed by atoms with Gasteiger partial charge in [-0.3, -0.25) is 0 Å². The van der Waals surface area contributed by atoms with Gasteiger partial charge in [0.2, 0.25) is 0 Å². The Labute approximate surface area is 114 Å². The molecular weight excluding hydrogens is 243 g/mol. The minimum absolute atomic E-state index is 0.328. The SMILES string of the molecule is CC1(C)OB(c2ccnn2N2CCCN2)OC1(C)C. The smallest absolute Gasteiger partial charge is 0.398 e. The summed E-state index contributed by atoms with van der Waals surface area (Å²) >= 11 is 0. The molecule has 0 radical (unpaired) electrons. The van der Waals surface area contributed by atoms with Gasteiger partial charge in [0.25, 0.3) is 0 Å². The quantitative estimate of drug-likeness (QED) is 0.764. The molecule has 3 heterocycles. The zero-order valence-electron chi connectivity index (χ0n) is 12.0. The predicted molar refractivity (Wildman–Crippen MR) is 73.6 cm³/mol. The summed E-state index contributed by atoms with van der Waals surface area (Å²) in [5.74, 6) is 0. The number of hydrogen-bond donors (Lipinski definition) is 1. The van der Waals surface area contributed by atoms with Crippen LogP contribution in [0.5, 0.6) is 0 Å². The summed E-state index contributed by atoms with van der Waals surface area (Å²) in [6.45, 7) is 10.1. The van der Waals surface area contributed by atoms with Crippen LogP contribution in [0.4, 0.5) is 0 Å². The topological polar surface area (TPSA) is 51.5 Å². The number of aromatic nitrogens is 2. The van der Waals surface area contributed by atoms with Crippen LogP contribution in [-0.2, 0) is 9.31 Å². The fourth-order valence-electron chi connectivity index (χ4n) is 2.32. The van der Waals surface area contributed by atoms with E-state index in [1.165, 1.54) is 0 Å². The Bertz CT molecular complexity index is 452. The van der Waals surface area contributed by atoms with Crippen LogP contribution in [-0.4, -0.2) is 41.3 Å². The summed E-state index contributed by atoms with van der Waals surface area (Å²) in [5.41, 5.74) is 3.55. The highest BCUT2D eigenvalue weighted by Gasteiger charge is 2.53. The van der Waals surface area contributed by atoms with Gasteiger partial charge in [0.15, 0.2) is 0 Å². The lowest BCUT2D eigenvalue weighted by Crippen LogP contribution is -2.51. The van der Waals surface area contributed by atoms with Crippen LogP contribution in [0.1, 0.15) is 34.1 Å². The third-order valence-corrected chi connectivity index (χ3v) is 4.22. The lowest BCUT2D eigenvalue weighted by atomic mass is 9.85. The largest absolute Gasteiger partial charge is 0.516 e. The standard InChI is InChI=1S/C12H21BN4O2/c1-11(2)12(3,4)19-13(18-11)10-6-8-15-17(10)16-9-5-7-14-16/h6,8,14H,5,7,9H2,1-4H3. The number of hydrogen-bond acceptors (Lipinski definition) is 5. The van der Waals surface area contributed by atoms with Crippen molar-refractivity contribution in [3.05, 3.63) is 12.3 Å². The molecule has 0 saturated carbocycles. The third kappa shape index (κ3) is 2.06. The molecule has 1 N–H and O–H groups in total. The van der Waals surface area contributed by atoms with E-state index in [1.54, 1.807) is 6.20 Å². The zero-order valence-corrected chi connectivity index (χ0v) is 12.0. The summed E-state index contributed by atoms with van der Waals surface area (Å²) in [5, 5.41) is 6.36. The van der Waals surface area contributed by atoms with Crippen LogP contribution in [0.2, 0.25) is 0 Å². The van der Waals surface area contributed by atoms with Crippen molar-refractivity contribution in [2.45, 2.75) is 45.3 Å². The second-order valence-corrected chi connectivity index (χ2v) is 6.12. The van der Waals surface area contributed by atoms with Crippen molar-refractivity contribution in [2.24, 2.45) is 0 Å². The lowest BCUT2D eigenvalue weighted by Gasteiger charge is -2.32. The van der Waals surface area contributed by atoms with Crippen LogP contribution in [0, 0.1) is 0 Å². The molecule has 0 aromatic carbocycles. The molecule has 2 aliphatic rings. The molecule has 1 aromatic rings. The van der Waals surface area contributed by atoms with Crippen LogP contribution in [0.15, 0.2) is 12.3 Å². The van der Waals surface area contributed by atoms with Crippen molar-refractivity contribution in [2.75, 3.05) is 18.2 Å². The van der Waals surface area contributed by atoms with Crippen LogP contribution < -0.4 is 16.1 Å². The first-order valence-corrected chi connectivity index (χ1v) is 6.82. The highest BCUT2D eigenvalue weighted by molar-refractivity contribution is 6.61. The molecule has 104 valence electrons. The van der Waals surface area contributed by atoms with E-state index >= 15 is 0 Å². The first kappa shape index (κ1) is 13.0. The molecule has 0 unspecified atom stereocenters. The van der Waals surface area contributed by atoms with E-state index in [4.69, 9.17) is 9.31 Å². The van der Waals surface area contributed by atoms with Crippen LogP contribution in [0.25, 0.3) is 0 Å². The third-order valence-electron chi connectivity index (χ3n) is 4.22. The molecule has 0 bridgehead atoms. The maximum Gasteiger partial charge on any atom is 0.516 e. The maximum atomic E-state index is 6.07. The Balaban J connectivity index is 1.86. The van der Waals surface area contributed by atoms with Gasteiger partial charge in [-0.1, -0.05) is 0 Å². The van der Waals surface area contributed by atoms with Crippen molar-refractivity contribution < 1.29 is 9.31 Å². The van der Waals surface area contributed by atoms with Gasteiger partial charge in [0.1, 0.15) is 0 Å². The van der Waals surface area contributed by atoms with Gasteiger partial charge >= 0.3 is 7.12 Å².